The van der Waals surface area contributed by atoms with Crippen molar-refractivity contribution in [3.63, 3.8) is 0 Å². The Morgan fingerprint density at radius 2 is 2.62 bits per heavy atom. The summed E-state index contributed by atoms with van der Waals surface area (Å²) in [5.41, 5.74) is 0. The van der Waals surface area contributed by atoms with Gasteiger partial charge in [0.15, 0.2) is 12.8 Å². The molecule has 1 atom stereocenters. The van der Waals surface area contributed by atoms with Crippen molar-refractivity contribution >= 4 is 5.97 Å². The average molecular weight is 117 g/mol. The monoisotopic (exact) mass is 117 g/mol. The fraction of sp³-hybridized carbons (Fsp3) is 0.750. The van der Waals surface area contributed by atoms with Crippen molar-refractivity contribution in [1.82, 2.24) is 0 Å². The maximum absolute atomic E-state index is 9.98. The summed E-state index contributed by atoms with van der Waals surface area (Å²) < 4.78 is 4.74. The molecule has 1 saturated heterocycles. The predicted molar refractivity (Wildman–Crippen MR) is 21.5 cm³/mol. The summed E-state index contributed by atoms with van der Waals surface area (Å²) in [6, 6.07) is -0.477. The molecule has 2 N–H and O–H groups in total. The van der Waals surface area contributed by atoms with E-state index in [1.807, 2.05) is 0 Å². The third-order valence-electron chi connectivity index (χ3n) is 1.10. The molecule has 0 bridgehead atoms. The first-order valence-electron chi connectivity index (χ1n) is 2.42. The highest BCUT2D eigenvalue weighted by Crippen LogP contribution is 1.80. The Morgan fingerprint density at radius 3 is 2.88 bits per heavy atom. The number of carboxylic acid groups (broad SMARTS) is 1. The smallest absolute Gasteiger partial charge is 0.180 e. The fourth-order valence-electron chi connectivity index (χ4n) is 0.612. The average Bonchev–Trinajstić information content (AvgIpc) is 2.12. The van der Waals surface area contributed by atoms with Gasteiger partial charge < -0.3 is 20.0 Å². The van der Waals surface area contributed by atoms with Crippen molar-refractivity contribution < 1.29 is 20.0 Å². The maximum Gasteiger partial charge on any atom is 0.180 e. The van der Waals surface area contributed by atoms with Crippen molar-refractivity contribution in [1.29, 1.82) is 0 Å². The van der Waals surface area contributed by atoms with Crippen LogP contribution in [0, 0.1) is 0 Å². The molecule has 0 amide bonds. The van der Waals surface area contributed by atoms with E-state index in [1.165, 1.54) is 0 Å². The molecular formula is C4H7NO3. The van der Waals surface area contributed by atoms with E-state index in [0.717, 1.165) is 0 Å². The molecule has 0 unspecified atom stereocenters. The van der Waals surface area contributed by atoms with Crippen LogP contribution in [0.4, 0.5) is 0 Å². The second kappa shape index (κ2) is 2.11. The lowest BCUT2D eigenvalue weighted by atomic mass is 10.3. The van der Waals surface area contributed by atoms with E-state index < -0.39 is 12.0 Å². The van der Waals surface area contributed by atoms with Gasteiger partial charge in [0.25, 0.3) is 0 Å². The van der Waals surface area contributed by atoms with Crippen LogP contribution in [-0.2, 0) is 9.53 Å². The summed E-state index contributed by atoms with van der Waals surface area (Å²) in [5.74, 6) is -1.04. The van der Waals surface area contributed by atoms with Crippen LogP contribution in [0.5, 0.6) is 0 Å². The minimum absolute atomic E-state index is 0.280. The Balaban J connectivity index is 2.35. The number of rotatable bonds is 1. The van der Waals surface area contributed by atoms with Gasteiger partial charge in [-0.1, -0.05) is 0 Å². The Kier molecular flexibility index (Phi) is 1.45. The zero-order valence-corrected chi connectivity index (χ0v) is 4.29. The lowest BCUT2D eigenvalue weighted by Crippen LogP contribution is -2.90. The number of aliphatic carboxylic acids is 1. The first-order chi connectivity index (χ1) is 3.80. The molecule has 0 radical (unpaired) electrons. The van der Waals surface area contributed by atoms with Gasteiger partial charge in [0, 0.05) is 0 Å². The van der Waals surface area contributed by atoms with E-state index in [9.17, 15) is 9.90 Å². The summed E-state index contributed by atoms with van der Waals surface area (Å²) in [4.78, 5) is 9.98. The summed E-state index contributed by atoms with van der Waals surface area (Å²) in [6.07, 6.45) is 0. The highest BCUT2D eigenvalue weighted by atomic mass is 16.5. The second-order valence-corrected chi connectivity index (χ2v) is 1.70. The Morgan fingerprint density at radius 1 is 1.88 bits per heavy atom. The van der Waals surface area contributed by atoms with Gasteiger partial charge in [-0.2, -0.15) is 0 Å². The fourth-order valence-corrected chi connectivity index (χ4v) is 0.612. The van der Waals surface area contributed by atoms with Gasteiger partial charge >= 0.3 is 0 Å². The van der Waals surface area contributed by atoms with Crippen molar-refractivity contribution in [3.05, 3.63) is 0 Å². The van der Waals surface area contributed by atoms with Gasteiger partial charge in [-0.3, -0.25) is 0 Å². The van der Waals surface area contributed by atoms with Crippen LogP contribution in [0.3, 0.4) is 0 Å². The van der Waals surface area contributed by atoms with Crippen LogP contribution in [0.15, 0.2) is 0 Å². The van der Waals surface area contributed by atoms with Crippen molar-refractivity contribution in [2.75, 3.05) is 13.3 Å². The maximum atomic E-state index is 9.98. The number of carboxylic acids is 1. The zero-order chi connectivity index (χ0) is 5.98. The summed E-state index contributed by atoms with van der Waals surface area (Å²) in [7, 11) is 0. The van der Waals surface area contributed by atoms with Gasteiger partial charge in [-0.15, -0.1) is 0 Å². The van der Waals surface area contributed by atoms with E-state index in [0.29, 0.717) is 6.73 Å². The molecule has 8 heavy (non-hydrogen) atoms. The molecule has 46 valence electrons. The highest BCUT2D eigenvalue weighted by molar-refractivity contribution is 5.69. The molecule has 0 aromatic rings. The molecule has 0 spiro atoms. The molecule has 0 aromatic carbocycles. The number of nitrogens with two attached hydrogens (primary N) is 1. The number of quaternary nitrogens is 1. The molecule has 1 heterocycles. The third-order valence-corrected chi connectivity index (χ3v) is 1.10. The van der Waals surface area contributed by atoms with Crippen molar-refractivity contribution in [2.45, 2.75) is 6.04 Å². The molecule has 0 saturated carbocycles. The lowest BCUT2D eigenvalue weighted by Gasteiger charge is -2.03. The minimum atomic E-state index is -1.04. The SMILES string of the molecule is O=C([O-])[C@@H]1COC[NH2+]1. The van der Waals surface area contributed by atoms with E-state index >= 15 is 0 Å². The lowest BCUT2D eigenvalue weighted by molar-refractivity contribution is -0.676. The van der Waals surface area contributed by atoms with Gasteiger partial charge in [0.05, 0.1) is 0 Å². The van der Waals surface area contributed by atoms with Crippen molar-refractivity contribution in [2.24, 2.45) is 0 Å². The standard InChI is InChI=1S/C4H7NO3/c6-4(7)3-1-8-2-5-3/h3,5H,1-2H2,(H,6,7)/t3-/m0/s1. The highest BCUT2D eigenvalue weighted by Gasteiger charge is 2.18. The number of carbonyl (C=O) groups excluding carboxylic acids is 1. The summed E-state index contributed by atoms with van der Waals surface area (Å²) >= 11 is 0. The normalized spacial score (nSPS) is 28.2. The van der Waals surface area contributed by atoms with Gasteiger partial charge in [0.1, 0.15) is 12.6 Å². The van der Waals surface area contributed by atoms with Gasteiger partial charge in [-0.25, -0.2) is 0 Å². The molecule has 0 aromatic heterocycles. The largest absolute Gasteiger partial charge is 0.544 e. The van der Waals surface area contributed by atoms with Crippen LogP contribution >= 0.6 is 0 Å². The predicted octanol–water partition coefficient (Wildman–Crippen LogP) is -3.34. The molecule has 1 aliphatic rings. The summed E-state index contributed by atoms with van der Waals surface area (Å²) in [6.45, 7) is 0.723. The number of hydrogen-bond donors (Lipinski definition) is 1. The number of carbonyl (C=O) groups is 1. The molecule has 1 aliphatic heterocycles. The Labute approximate surface area is 46.4 Å². The quantitative estimate of drug-likeness (QED) is 0.390. The van der Waals surface area contributed by atoms with E-state index in [1.54, 1.807) is 5.32 Å². The molecule has 4 nitrogen and oxygen atoms in total. The third kappa shape index (κ3) is 0.962. The molecule has 0 aliphatic carbocycles. The molecular weight excluding hydrogens is 110 g/mol. The molecule has 4 heteroatoms. The van der Waals surface area contributed by atoms with Crippen LogP contribution in [0.25, 0.3) is 0 Å². The topological polar surface area (TPSA) is 66.0 Å². The van der Waals surface area contributed by atoms with E-state index in [-0.39, 0.29) is 6.61 Å². The van der Waals surface area contributed by atoms with Crippen molar-refractivity contribution in [3.8, 4) is 0 Å². The van der Waals surface area contributed by atoms with E-state index in [2.05, 4.69) is 0 Å². The first-order valence-corrected chi connectivity index (χ1v) is 2.42. The second-order valence-electron chi connectivity index (χ2n) is 1.70. The number of hydrogen-bond acceptors (Lipinski definition) is 3. The van der Waals surface area contributed by atoms with Crippen LogP contribution in [0.2, 0.25) is 0 Å². The van der Waals surface area contributed by atoms with Crippen LogP contribution in [0.1, 0.15) is 0 Å². The number of ether oxygens (including phenoxy) is 1. The molecule has 1 rings (SSSR count). The van der Waals surface area contributed by atoms with Gasteiger partial charge in [0.2, 0.25) is 0 Å². The van der Waals surface area contributed by atoms with Crippen LogP contribution in [-0.4, -0.2) is 25.3 Å². The summed E-state index contributed by atoms with van der Waals surface area (Å²) in [5, 5.41) is 11.6. The zero-order valence-electron chi connectivity index (χ0n) is 4.29. The van der Waals surface area contributed by atoms with Crippen LogP contribution < -0.4 is 10.4 Å². The molecule has 1 fully saturated rings. The van der Waals surface area contributed by atoms with E-state index in [4.69, 9.17) is 4.74 Å². The Hall–Kier alpha value is -0.610. The minimum Gasteiger partial charge on any atom is -0.544 e. The Bertz CT molecular complexity index is 97.5. The first kappa shape index (κ1) is 5.53. The van der Waals surface area contributed by atoms with Gasteiger partial charge in [-0.05, 0) is 0 Å².